The summed E-state index contributed by atoms with van der Waals surface area (Å²) in [5.74, 6) is 0.868. The van der Waals surface area contributed by atoms with Crippen LogP contribution in [-0.4, -0.2) is 11.4 Å². The highest BCUT2D eigenvalue weighted by Crippen LogP contribution is 2.53. The SMILES string of the molecule is CC(C)(C)c1ccc(N2B3c4cc5cc(-c6ccccc6)oc5cc4-n4c5ccc(C(C)(C)C)cc5c5c6c(oc7ccccc76)c(c3c54)-c3cc4sc5ccccc5c4cc32)cc1. The fourth-order valence-corrected chi connectivity index (χ4v) is 12.3. The van der Waals surface area contributed by atoms with Gasteiger partial charge in [-0.1, -0.05) is 133 Å². The predicted molar refractivity (Wildman–Crippen MR) is 273 cm³/mol. The Balaban J connectivity index is 1.21. The number of anilines is 2. The molecule has 306 valence electrons. The van der Waals surface area contributed by atoms with E-state index in [2.05, 4.69) is 203 Å². The number of thiophene rings is 1. The molecule has 0 unspecified atom stereocenters. The van der Waals surface area contributed by atoms with E-state index in [1.165, 1.54) is 86.2 Å². The van der Waals surface area contributed by atoms with Gasteiger partial charge in [-0.2, -0.15) is 0 Å². The molecular weight excluding hydrogens is 800 g/mol. The predicted octanol–water partition coefficient (Wildman–Crippen LogP) is 15.3. The smallest absolute Gasteiger partial charge is 0.333 e. The Morgan fingerprint density at radius 3 is 2.08 bits per heavy atom. The molecule has 4 nitrogen and oxygen atoms in total. The lowest BCUT2D eigenvalue weighted by Gasteiger charge is -2.42. The standard InChI is InChI=1S/C58H43BN2O2S/c1-57(2,3)34-20-23-36(24-21-34)61-44-29-39-37-16-11-13-19-49(37)64-50(39)30-41(44)53-54-55-51(52-38-17-10-12-18-46(38)63-56(52)53)40-28-35(58(4,5)6)22-25-43(40)60(55)45-31-48-33(26-42(45)59(54)61)27-47(62-48)32-14-8-7-9-15-32/h7-31H,1-6H3. The molecule has 2 aliphatic heterocycles. The molecule has 0 bridgehead atoms. The summed E-state index contributed by atoms with van der Waals surface area (Å²) >= 11 is 1.88. The van der Waals surface area contributed by atoms with E-state index >= 15 is 0 Å². The molecule has 64 heavy (non-hydrogen) atoms. The molecule has 12 aromatic rings. The lowest BCUT2D eigenvalue weighted by molar-refractivity contribution is 0.590. The number of aromatic nitrogens is 1. The van der Waals surface area contributed by atoms with E-state index in [1.807, 2.05) is 11.3 Å². The average molecular weight is 843 g/mol. The van der Waals surface area contributed by atoms with Crippen LogP contribution in [0.15, 0.2) is 160 Å². The Labute approximate surface area is 375 Å². The van der Waals surface area contributed by atoms with Gasteiger partial charge in [0, 0.05) is 86.9 Å². The molecule has 0 saturated carbocycles. The number of furan rings is 2. The number of para-hydroxylation sites is 1. The van der Waals surface area contributed by atoms with Crippen molar-refractivity contribution >= 4 is 115 Å². The van der Waals surface area contributed by atoms with E-state index in [1.54, 1.807) is 0 Å². The van der Waals surface area contributed by atoms with Crippen LogP contribution in [0.4, 0.5) is 11.4 Å². The second-order valence-corrected chi connectivity index (χ2v) is 21.2. The minimum Gasteiger partial charge on any atom is -0.456 e. The normalized spacial score (nSPS) is 13.7. The summed E-state index contributed by atoms with van der Waals surface area (Å²) in [5, 5.41) is 8.45. The van der Waals surface area contributed by atoms with Crippen LogP contribution in [0.5, 0.6) is 0 Å². The van der Waals surface area contributed by atoms with Gasteiger partial charge in [0.2, 0.25) is 0 Å². The van der Waals surface area contributed by atoms with Gasteiger partial charge in [0.25, 0.3) is 0 Å². The number of fused-ring (bicyclic) bond motifs is 17. The summed E-state index contributed by atoms with van der Waals surface area (Å²) in [7, 11) is 0. The molecule has 0 aliphatic carbocycles. The third-order valence-corrected chi connectivity index (χ3v) is 15.4. The van der Waals surface area contributed by atoms with Crippen LogP contribution >= 0.6 is 11.3 Å². The van der Waals surface area contributed by atoms with E-state index in [-0.39, 0.29) is 17.7 Å². The van der Waals surface area contributed by atoms with Gasteiger partial charge >= 0.3 is 6.85 Å². The summed E-state index contributed by atoms with van der Waals surface area (Å²) in [6.07, 6.45) is 0. The first-order valence-electron chi connectivity index (χ1n) is 22.4. The van der Waals surface area contributed by atoms with Crippen molar-refractivity contribution in [2.24, 2.45) is 0 Å². The Morgan fingerprint density at radius 1 is 0.547 bits per heavy atom. The van der Waals surface area contributed by atoms with Crippen molar-refractivity contribution in [3.8, 4) is 28.1 Å². The van der Waals surface area contributed by atoms with Crippen LogP contribution in [-0.2, 0) is 10.8 Å². The maximum atomic E-state index is 7.28. The lowest BCUT2D eigenvalue weighted by atomic mass is 9.43. The molecule has 4 aromatic heterocycles. The van der Waals surface area contributed by atoms with Gasteiger partial charge in [-0.05, 0) is 87.5 Å². The van der Waals surface area contributed by atoms with E-state index in [0.717, 1.165) is 50.2 Å². The first kappa shape index (κ1) is 36.5. The van der Waals surface area contributed by atoms with Crippen molar-refractivity contribution in [3.63, 3.8) is 0 Å². The number of hydrogen-bond acceptors (Lipinski definition) is 4. The third kappa shape index (κ3) is 4.84. The van der Waals surface area contributed by atoms with Gasteiger partial charge in [0.15, 0.2) is 0 Å². The number of rotatable bonds is 2. The molecule has 0 N–H and O–H groups in total. The highest BCUT2D eigenvalue weighted by Gasteiger charge is 2.46. The summed E-state index contributed by atoms with van der Waals surface area (Å²) in [6, 6.07) is 56.4. The van der Waals surface area contributed by atoms with E-state index in [9.17, 15) is 0 Å². The molecule has 14 rings (SSSR count). The maximum absolute atomic E-state index is 7.28. The topological polar surface area (TPSA) is 34.5 Å². The molecule has 0 radical (unpaired) electrons. The van der Waals surface area contributed by atoms with E-state index in [4.69, 9.17) is 8.83 Å². The van der Waals surface area contributed by atoms with Crippen LogP contribution in [0.25, 0.3) is 103 Å². The molecule has 6 heteroatoms. The second kappa shape index (κ2) is 12.4. The van der Waals surface area contributed by atoms with Crippen molar-refractivity contribution in [2.75, 3.05) is 4.81 Å². The fourth-order valence-electron chi connectivity index (χ4n) is 11.1. The van der Waals surface area contributed by atoms with Crippen molar-refractivity contribution in [1.29, 1.82) is 0 Å². The first-order valence-corrected chi connectivity index (χ1v) is 23.3. The molecule has 8 aromatic carbocycles. The highest BCUT2D eigenvalue weighted by molar-refractivity contribution is 7.25. The van der Waals surface area contributed by atoms with Gasteiger partial charge in [-0.25, -0.2) is 0 Å². The molecular formula is C58H43BN2O2S. The zero-order valence-electron chi connectivity index (χ0n) is 36.6. The molecule has 2 aliphatic rings. The Bertz CT molecular complexity index is 3980. The van der Waals surface area contributed by atoms with Crippen LogP contribution in [0.2, 0.25) is 0 Å². The van der Waals surface area contributed by atoms with Crippen LogP contribution in [0, 0.1) is 0 Å². The molecule has 0 fully saturated rings. The molecule has 6 heterocycles. The Morgan fingerprint density at radius 2 is 1.28 bits per heavy atom. The Kier molecular flexibility index (Phi) is 7.05. The first-order chi connectivity index (χ1) is 31.0. The number of hydrogen-bond donors (Lipinski definition) is 0. The quantitative estimate of drug-likeness (QED) is 0.163. The average Bonchev–Trinajstić information content (AvgIpc) is 4.07. The highest BCUT2D eigenvalue weighted by atomic mass is 32.1. The molecule has 0 atom stereocenters. The van der Waals surface area contributed by atoms with E-state index in [0.29, 0.717) is 0 Å². The van der Waals surface area contributed by atoms with E-state index < -0.39 is 0 Å². The second-order valence-electron chi connectivity index (χ2n) is 20.1. The van der Waals surface area contributed by atoms with Crippen molar-refractivity contribution in [3.05, 3.63) is 163 Å². The molecule has 0 amide bonds. The molecule has 0 spiro atoms. The monoisotopic (exact) mass is 842 g/mol. The third-order valence-electron chi connectivity index (χ3n) is 14.3. The summed E-state index contributed by atoms with van der Waals surface area (Å²) in [5.41, 5.74) is 17.2. The number of nitrogens with zero attached hydrogens (tertiary/aromatic N) is 2. The van der Waals surface area contributed by atoms with Crippen molar-refractivity contribution < 1.29 is 8.83 Å². The summed E-state index contributed by atoms with van der Waals surface area (Å²) in [4.78, 5) is 2.65. The molecule has 0 saturated heterocycles. The fraction of sp³-hybridized carbons (Fsp3) is 0.138. The minimum atomic E-state index is -0.196. The van der Waals surface area contributed by atoms with Gasteiger partial charge in [0.1, 0.15) is 22.5 Å². The van der Waals surface area contributed by atoms with Crippen LogP contribution < -0.4 is 15.7 Å². The zero-order chi connectivity index (χ0) is 43.0. The lowest BCUT2D eigenvalue weighted by Crippen LogP contribution is -2.60. The Hall–Kier alpha value is -7.02. The van der Waals surface area contributed by atoms with Gasteiger partial charge in [-0.15, -0.1) is 11.3 Å². The van der Waals surface area contributed by atoms with Crippen molar-refractivity contribution in [1.82, 2.24) is 4.57 Å². The maximum Gasteiger partial charge on any atom is 0.333 e. The van der Waals surface area contributed by atoms with Gasteiger partial charge < -0.3 is 18.2 Å². The van der Waals surface area contributed by atoms with Gasteiger partial charge in [0.05, 0.1) is 11.0 Å². The van der Waals surface area contributed by atoms with Crippen molar-refractivity contribution in [2.45, 2.75) is 52.4 Å². The largest absolute Gasteiger partial charge is 0.456 e. The summed E-state index contributed by atoms with van der Waals surface area (Å²) in [6.45, 7) is 13.6. The van der Waals surface area contributed by atoms with Crippen LogP contribution in [0.1, 0.15) is 52.7 Å². The van der Waals surface area contributed by atoms with Crippen LogP contribution in [0.3, 0.4) is 0 Å². The van der Waals surface area contributed by atoms with Gasteiger partial charge in [-0.3, -0.25) is 0 Å². The minimum absolute atomic E-state index is 0.0133. The summed E-state index contributed by atoms with van der Waals surface area (Å²) < 4.78 is 19.2. The zero-order valence-corrected chi connectivity index (χ0v) is 37.4. The number of benzene rings is 8.